The van der Waals surface area contributed by atoms with Gasteiger partial charge in [0.1, 0.15) is 0 Å². The summed E-state index contributed by atoms with van der Waals surface area (Å²) < 4.78 is 13.7. The number of carbonyl (C=O) groups is 3. The van der Waals surface area contributed by atoms with Gasteiger partial charge in [-0.1, -0.05) is 12.1 Å². The first kappa shape index (κ1) is 10.5. The van der Waals surface area contributed by atoms with Gasteiger partial charge in [-0.25, -0.2) is 9.29 Å². The first-order valence-corrected chi connectivity index (χ1v) is 4.62. The maximum atomic E-state index is 13.7. The Labute approximate surface area is 90.7 Å². The molecule has 82 valence electrons. The van der Waals surface area contributed by atoms with Gasteiger partial charge in [0.15, 0.2) is 6.29 Å². The van der Waals surface area contributed by atoms with Crippen molar-refractivity contribution in [3.8, 4) is 0 Å². The summed E-state index contributed by atoms with van der Waals surface area (Å²) in [6.07, 6.45) is -0.0608. The van der Waals surface area contributed by atoms with Gasteiger partial charge in [0.2, 0.25) is 5.79 Å². The summed E-state index contributed by atoms with van der Waals surface area (Å²) in [5.41, 5.74) is 0.247. The zero-order chi connectivity index (χ0) is 11.9. The second-order valence-electron chi connectivity index (χ2n) is 3.63. The highest BCUT2D eigenvalue weighted by atomic mass is 19.1. The number of hydrogen-bond donors (Lipinski definition) is 0. The molecule has 2 rings (SSSR count). The number of aldehydes is 1. The Morgan fingerprint density at radius 1 is 1.19 bits per heavy atom. The van der Waals surface area contributed by atoms with Crippen LogP contribution in [0, 0.1) is 0 Å². The Morgan fingerprint density at radius 3 is 2.00 bits per heavy atom. The molecule has 0 radical (unpaired) electrons. The number of rotatable bonds is 2. The van der Waals surface area contributed by atoms with Crippen molar-refractivity contribution < 1.29 is 18.8 Å². The normalized spacial score (nSPS) is 18.2. The Morgan fingerprint density at radius 2 is 1.62 bits per heavy atom. The molecular weight excluding hydrogens is 213 g/mol. The third-order valence-electron chi connectivity index (χ3n) is 2.45. The minimum atomic E-state index is -2.60. The van der Waals surface area contributed by atoms with Crippen LogP contribution in [-0.4, -0.2) is 28.8 Å². The molecule has 1 heterocycles. The summed E-state index contributed by atoms with van der Waals surface area (Å²) in [4.78, 5) is 34.3. The second-order valence-corrected chi connectivity index (χ2v) is 3.63. The standard InChI is InChI=1S/C11H8FNO3/c1-11(12,6-14)13-9(15)7-4-2-3-5-8(7)10(13)16/h2-6H,1H3/t11-/m1/s1. The van der Waals surface area contributed by atoms with Crippen molar-refractivity contribution in [3.05, 3.63) is 35.4 Å². The first-order chi connectivity index (χ1) is 7.49. The summed E-state index contributed by atoms with van der Waals surface area (Å²) in [6, 6.07) is 6.00. The van der Waals surface area contributed by atoms with E-state index in [1.54, 1.807) is 12.1 Å². The molecule has 1 aromatic carbocycles. The zero-order valence-electron chi connectivity index (χ0n) is 8.44. The Hall–Kier alpha value is -2.04. The first-order valence-electron chi connectivity index (χ1n) is 4.62. The van der Waals surface area contributed by atoms with Gasteiger partial charge < -0.3 is 0 Å². The van der Waals surface area contributed by atoms with Crippen molar-refractivity contribution in [1.82, 2.24) is 4.90 Å². The number of imide groups is 1. The molecule has 1 aliphatic rings. The lowest BCUT2D eigenvalue weighted by molar-refractivity contribution is -0.123. The van der Waals surface area contributed by atoms with Crippen LogP contribution in [0.1, 0.15) is 27.6 Å². The number of hydrogen-bond acceptors (Lipinski definition) is 3. The quantitative estimate of drug-likeness (QED) is 0.428. The maximum Gasteiger partial charge on any atom is 0.264 e. The topological polar surface area (TPSA) is 54.5 Å². The van der Waals surface area contributed by atoms with Crippen molar-refractivity contribution >= 4 is 18.1 Å². The van der Waals surface area contributed by atoms with E-state index >= 15 is 0 Å². The van der Waals surface area contributed by atoms with E-state index < -0.39 is 17.6 Å². The summed E-state index contributed by atoms with van der Waals surface area (Å²) in [7, 11) is 0. The average Bonchev–Trinajstić information content (AvgIpc) is 2.53. The Bertz CT molecular complexity index is 461. The molecule has 1 aliphatic heterocycles. The van der Waals surface area contributed by atoms with Gasteiger partial charge in [-0.05, 0) is 19.1 Å². The maximum absolute atomic E-state index is 13.7. The summed E-state index contributed by atoms with van der Waals surface area (Å²) in [5.74, 6) is -4.16. The van der Waals surface area contributed by atoms with Crippen LogP contribution in [0.25, 0.3) is 0 Å². The monoisotopic (exact) mass is 221 g/mol. The molecule has 0 aliphatic carbocycles. The number of halogens is 1. The molecule has 0 saturated carbocycles. The fourth-order valence-electron chi connectivity index (χ4n) is 1.64. The van der Waals surface area contributed by atoms with E-state index in [4.69, 9.17) is 0 Å². The highest BCUT2D eigenvalue weighted by Crippen LogP contribution is 2.28. The molecular formula is C11H8FNO3. The molecule has 2 amide bonds. The summed E-state index contributed by atoms with van der Waals surface area (Å²) >= 11 is 0. The number of amides is 2. The molecule has 0 aromatic heterocycles. The van der Waals surface area contributed by atoms with Gasteiger partial charge in [0.25, 0.3) is 11.8 Å². The molecule has 5 heteroatoms. The number of benzene rings is 1. The van der Waals surface area contributed by atoms with Crippen LogP contribution in [0.3, 0.4) is 0 Å². The van der Waals surface area contributed by atoms with E-state index in [1.165, 1.54) is 12.1 Å². The summed E-state index contributed by atoms with van der Waals surface area (Å²) in [5, 5.41) is 0. The largest absolute Gasteiger partial charge is 0.298 e. The fourth-order valence-corrected chi connectivity index (χ4v) is 1.64. The third-order valence-corrected chi connectivity index (χ3v) is 2.45. The van der Waals surface area contributed by atoms with E-state index in [9.17, 15) is 18.8 Å². The van der Waals surface area contributed by atoms with E-state index in [0.29, 0.717) is 4.90 Å². The Kier molecular flexibility index (Phi) is 2.11. The van der Waals surface area contributed by atoms with Crippen LogP contribution in [0.2, 0.25) is 0 Å². The molecule has 0 fully saturated rings. The number of nitrogens with zero attached hydrogens (tertiary/aromatic N) is 1. The predicted octanol–water partition coefficient (Wildman–Crippen LogP) is 1.17. The lowest BCUT2D eigenvalue weighted by Crippen LogP contribution is -2.47. The van der Waals surface area contributed by atoms with Crippen molar-refractivity contribution in [2.24, 2.45) is 0 Å². The lowest BCUT2D eigenvalue weighted by Gasteiger charge is -2.23. The molecule has 0 unspecified atom stereocenters. The third kappa shape index (κ3) is 1.25. The highest BCUT2D eigenvalue weighted by Gasteiger charge is 2.46. The van der Waals surface area contributed by atoms with Gasteiger partial charge in [-0.15, -0.1) is 0 Å². The van der Waals surface area contributed by atoms with Crippen LogP contribution in [0.5, 0.6) is 0 Å². The van der Waals surface area contributed by atoms with Crippen LogP contribution in [-0.2, 0) is 4.79 Å². The molecule has 1 atom stereocenters. The fraction of sp³-hybridized carbons (Fsp3) is 0.182. The number of alkyl halides is 1. The van der Waals surface area contributed by atoms with Gasteiger partial charge in [0, 0.05) is 0 Å². The molecule has 0 spiro atoms. The predicted molar refractivity (Wildman–Crippen MR) is 52.5 cm³/mol. The Balaban J connectivity index is 2.55. The molecule has 0 bridgehead atoms. The van der Waals surface area contributed by atoms with E-state index in [-0.39, 0.29) is 17.4 Å². The van der Waals surface area contributed by atoms with E-state index in [0.717, 1.165) is 6.92 Å². The average molecular weight is 221 g/mol. The van der Waals surface area contributed by atoms with Crippen molar-refractivity contribution in [2.75, 3.05) is 0 Å². The van der Waals surface area contributed by atoms with Crippen LogP contribution in [0.4, 0.5) is 4.39 Å². The zero-order valence-corrected chi connectivity index (χ0v) is 8.44. The molecule has 0 N–H and O–H groups in total. The van der Waals surface area contributed by atoms with Gasteiger partial charge in [0.05, 0.1) is 11.1 Å². The van der Waals surface area contributed by atoms with Gasteiger partial charge >= 0.3 is 0 Å². The van der Waals surface area contributed by atoms with Gasteiger partial charge in [-0.3, -0.25) is 14.4 Å². The number of fused-ring (bicyclic) bond motifs is 1. The minimum absolute atomic E-state index is 0.0608. The number of carbonyl (C=O) groups excluding carboxylic acids is 3. The van der Waals surface area contributed by atoms with E-state index in [1.807, 2.05) is 0 Å². The molecule has 16 heavy (non-hydrogen) atoms. The smallest absolute Gasteiger partial charge is 0.264 e. The second kappa shape index (κ2) is 3.23. The van der Waals surface area contributed by atoms with Gasteiger partial charge in [-0.2, -0.15) is 0 Å². The van der Waals surface area contributed by atoms with Crippen molar-refractivity contribution in [2.45, 2.75) is 12.7 Å². The SMILES string of the molecule is C[C@](F)(C=O)N1C(=O)c2ccccc2C1=O. The van der Waals surface area contributed by atoms with Crippen LogP contribution in [0.15, 0.2) is 24.3 Å². The molecule has 1 aromatic rings. The molecule has 0 saturated heterocycles. The highest BCUT2D eigenvalue weighted by molar-refractivity contribution is 6.22. The minimum Gasteiger partial charge on any atom is -0.298 e. The molecule has 4 nitrogen and oxygen atoms in total. The van der Waals surface area contributed by atoms with Crippen LogP contribution < -0.4 is 0 Å². The van der Waals surface area contributed by atoms with Crippen LogP contribution >= 0.6 is 0 Å². The summed E-state index contributed by atoms with van der Waals surface area (Å²) in [6.45, 7) is 0.877. The van der Waals surface area contributed by atoms with E-state index in [2.05, 4.69) is 0 Å². The van der Waals surface area contributed by atoms with Crippen molar-refractivity contribution in [1.29, 1.82) is 0 Å². The lowest BCUT2D eigenvalue weighted by atomic mass is 10.1. The van der Waals surface area contributed by atoms with Crippen molar-refractivity contribution in [3.63, 3.8) is 0 Å².